The lowest BCUT2D eigenvalue weighted by molar-refractivity contribution is 0.687. The van der Waals surface area contributed by atoms with Crippen LogP contribution in [0, 0.1) is 6.92 Å². The molecule has 1 heterocycles. The molecule has 4 heteroatoms. The molecule has 20 heavy (non-hydrogen) atoms. The van der Waals surface area contributed by atoms with Crippen LogP contribution in [0.3, 0.4) is 0 Å². The van der Waals surface area contributed by atoms with Crippen molar-refractivity contribution in [1.29, 1.82) is 0 Å². The van der Waals surface area contributed by atoms with Crippen LogP contribution < -0.4 is 5.32 Å². The molecule has 0 radical (unpaired) electrons. The van der Waals surface area contributed by atoms with E-state index in [0.717, 1.165) is 22.1 Å². The first-order valence-corrected chi connectivity index (χ1v) is 8.44. The summed E-state index contributed by atoms with van der Waals surface area (Å²) in [5.74, 6) is 0. The van der Waals surface area contributed by atoms with E-state index in [4.69, 9.17) is 0 Å². The average molecular weight is 349 g/mol. The smallest absolute Gasteiger partial charge is 0.101 e. The minimum atomic E-state index is 0.760. The number of halogens is 1. The minimum absolute atomic E-state index is 0.760. The fourth-order valence-electron chi connectivity index (χ4n) is 2.02. The molecule has 0 aliphatic heterocycles. The third kappa shape index (κ3) is 3.84. The molecule has 1 N–H and O–H groups in total. The third-order valence-corrected chi connectivity index (χ3v) is 4.92. The minimum Gasteiger partial charge on any atom is -0.310 e. The van der Waals surface area contributed by atoms with Crippen molar-refractivity contribution in [3.63, 3.8) is 0 Å². The molecular formula is C16H17BrN2S. The summed E-state index contributed by atoms with van der Waals surface area (Å²) in [4.78, 5) is 5.68. The highest BCUT2D eigenvalue weighted by Gasteiger charge is 2.19. The first kappa shape index (κ1) is 14.1. The number of hydrogen-bond acceptors (Lipinski definition) is 3. The number of aromatic nitrogens is 1. The van der Waals surface area contributed by atoms with Crippen LogP contribution in [0.2, 0.25) is 0 Å². The van der Waals surface area contributed by atoms with Gasteiger partial charge >= 0.3 is 0 Å². The lowest BCUT2D eigenvalue weighted by Crippen LogP contribution is -2.15. The summed E-state index contributed by atoms with van der Waals surface area (Å²) in [7, 11) is 0. The van der Waals surface area contributed by atoms with Crippen molar-refractivity contribution in [1.82, 2.24) is 10.3 Å². The molecule has 1 aromatic heterocycles. The first-order chi connectivity index (χ1) is 9.70. The van der Waals surface area contributed by atoms with Crippen LogP contribution in [-0.4, -0.2) is 11.0 Å². The Bertz CT molecular complexity index is 594. The predicted molar refractivity (Wildman–Crippen MR) is 87.1 cm³/mol. The Balaban J connectivity index is 1.68. The van der Waals surface area contributed by atoms with Gasteiger partial charge in [-0.2, -0.15) is 0 Å². The molecule has 0 bridgehead atoms. The van der Waals surface area contributed by atoms with E-state index in [1.807, 2.05) is 18.3 Å². The van der Waals surface area contributed by atoms with Crippen LogP contribution in [0.1, 0.15) is 24.0 Å². The Morgan fingerprint density at radius 3 is 2.80 bits per heavy atom. The topological polar surface area (TPSA) is 24.9 Å². The molecule has 2 aromatic rings. The maximum absolute atomic E-state index is 4.41. The van der Waals surface area contributed by atoms with Crippen molar-refractivity contribution < 1.29 is 0 Å². The summed E-state index contributed by atoms with van der Waals surface area (Å²) < 4.78 is 1.01. The number of hydrogen-bond donors (Lipinski definition) is 1. The zero-order valence-electron chi connectivity index (χ0n) is 11.4. The Morgan fingerprint density at radius 1 is 1.30 bits per heavy atom. The molecule has 2 nitrogen and oxygen atoms in total. The van der Waals surface area contributed by atoms with Crippen LogP contribution in [0.25, 0.3) is 0 Å². The number of nitrogens with one attached hydrogen (secondary N) is 1. The summed E-state index contributed by atoms with van der Waals surface area (Å²) in [6.45, 7) is 3.15. The molecule has 0 amide bonds. The maximum Gasteiger partial charge on any atom is 0.101 e. The highest BCUT2D eigenvalue weighted by atomic mass is 79.9. The molecule has 104 valence electrons. The third-order valence-electron chi connectivity index (χ3n) is 3.33. The van der Waals surface area contributed by atoms with Gasteiger partial charge in [0.2, 0.25) is 0 Å². The predicted octanol–water partition coefficient (Wildman–Crippen LogP) is 4.56. The second-order valence-corrected chi connectivity index (χ2v) is 7.15. The summed E-state index contributed by atoms with van der Waals surface area (Å²) in [5, 5.41) is 4.58. The number of aryl methyl sites for hydroxylation is 1. The fraction of sp³-hybridized carbons (Fsp3) is 0.312. The van der Waals surface area contributed by atoms with Gasteiger partial charge in [-0.3, -0.25) is 0 Å². The normalized spacial score (nSPS) is 14.5. The van der Waals surface area contributed by atoms with Gasteiger partial charge in [0.25, 0.3) is 0 Å². The highest BCUT2D eigenvalue weighted by molar-refractivity contribution is 9.10. The van der Waals surface area contributed by atoms with Gasteiger partial charge in [0.15, 0.2) is 0 Å². The Hall–Kier alpha value is -0.840. The van der Waals surface area contributed by atoms with E-state index in [1.165, 1.54) is 28.9 Å². The van der Waals surface area contributed by atoms with Crippen LogP contribution >= 0.6 is 27.7 Å². The van der Waals surface area contributed by atoms with Gasteiger partial charge < -0.3 is 5.32 Å². The number of benzene rings is 1. The molecule has 0 spiro atoms. The average Bonchev–Trinajstić information content (AvgIpc) is 3.26. The molecule has 1 saturated carbocycles. The zero-order valence-corrected chi connectivity index (χ0v) is 13.8. The van der Waals surface area contributed by atoms with Crippen molar-refractivity contribution in [3.8, 4) is 0 Å². The Labute approximate surface area is 132 Å². The lowest BCUT2D eigenvalue weighted by Gasteiger charge is -2.09. The lowest BCUT2D eigenvalue weighted by atomic mass is 10.1. The van der Waals surface area contributed by atoms with Gasteiger partial charge in [0.05, 0.1) is 0 Å². The van der Waals surface area contributed by atoms with E-state index in [0.29, 0.717) is 0 Å². The number of nitrogens with zero attached hydrogens (tertiary/aromatic N) is 1. The number of pyridine rings is 1. The van der Waals surface area contributed by atoms with Gasteiger partial charge in [-0.05, 0) is 65.0 Å². The SMILES string of the molecule is Cc1cc(CNC2CC2)ccc1Sc1ccc(Br)cn1. The van der Waals surface area contributed by atoms with E-state index in [-0.39, 0.29) is 0 Å². The van der Waals surface area contributed by atoms with Gasteiger partial charge in [-0.15, -0.1) is 0 Å². The molecule has 1 aromatic carbocycles. The standard InChI is InChI=1S/C16H17BrN2S/c1-11-8-12(9-18-14-4-5-14)2-6-15(11)20-16-7-3-13(17)10-19-16/h2-3,6-8,10,14,18H,4-5,9H2,1H3. The van der Waals surface area contributed by atoms with Gasteiger partial charge in [0, 0.05) is 28.2 Å². The van der Waals surface area contributed by atoms with E-state index in [9.17, 15) is 0 Å². The van der Waals surface area contributed by atoms with Crippen LogP contribution in [0.4, 0.5) is 0 Å². The summed E-state index contributed by atoms with van der Waals surface area (Å²) >= 11 is 5.13. The second-order valence-electron chi connectivity index (χ2n) is 5.17. The van der Waals surface area contributed by atoms with Gasteiger partial charge in [-0.1, -0.05) is 23.9 Å². The Morgan fingerprint density at radius 2 is 2.15 bits per heavy atom. The van der Waals surface area contributed by atoms with E-state index in [1.54, 1.807) is 11.8 Å². The summed E-state index contributed by atoms with van der Waals surface area (Å²) in [5.41, 5.74) is 2.68. The zero-order chi connectivity index (χ0) is 13.9. The maximum atomic E-state index is 4.41. The Kier molecular flexibility index (Phi) is 4.44. The molecular weight excluding hydrogens is 332 g/mol. The number of rotatable bonds is 5. The van der Waals surface area contributed by atoms with Crippen molar-refractivity contribution in [2.75, 3.05) is 0 Å². The molecule has 1 fully saturated rings. The largest absolute Gasteiger partial charge is 0.310 e. The summed E-state index contributed by atoms with van der Waals surface area (Å²) in [6.07, 6.45) is 4.51. The van der Waals surface area contributed by atoms with Crippen molar-refractivity contribution in [2.45, 2.75) is 42.3 Å². The van der Waals surface area contributed by atoms with Crippen molar-refractivity contribution in [2.24, 2.45) is 0 Å². The van der Waals surface area contributed by atoms with E-state index < -0.39 is 0 Å². The summed E-state index contributed by atoms with van der Waals surface area (Å²) in [6, 6.07) is 11.5. The molecule has 0 atom stereocenters. The monoisotopic (exact) mass is 348 g/mol. The van der Waals surface area contributed by atoms with Gasteiger partial charge in [-0.25, -0.2) is 4.98 Å². The highest BCUT2D eigenvalue weighted by Crippen LogP contribution is 2.30. The molecule has 3 rings (SSSR count). The fourth-order valence-corrected chi connectivity index (χ4v) is 3.08. The second kappa shape index (κ2) is 6.29. The first-order valence-electron chi connectivity index (χ1n) is 6.83. The molecule has 1 aliphatic rings. The molecule has 0 saturated heterocycles. The van der Waals surface area contributed by atoms with Crippen molar-refractivity contribution >= 4 is 27.7 Å². The van der Waals surface area contributed by atoms with Gasteiger partial charge in [0.1, 0.15) is 5.03 Å². The van der Waals surface area contributed by atoms with E-state index >= 15 is 0 Å². The van der Waals surface area contributed by atoms with E-state index in [2.05, 4.69) is 51.4 Å². The molecule has 1 aliphatic carbocycles. The molecule has 0 unspecified atom stereocenters. The van der Waals surface area contributed by atoms with Crippen LogP contribution in [0.15, 0.2) is 50.9 Å². The van der Waals surface area contributed by atoms with Crippen LogP contribution in [-0.2, 0) is 6.54 Å². The van der Waals surface area contributed by atoms with Crippen molar-refractivity contribution in [3.05, 3.63) is 52.1 Å². The van der Waals surface area contributed by atoms with Crippen LogP contribution in [0.5, 0.6) is 0 Å². The quantitative estimate of drug-likeness (QED) is 0.857.